The van der Waals surface area contributed by atoms with Gasteiger partial charge in [-0.1, -0.05) is 12.8 Å². The van der Waals surface area contributed by atoms with Gasteiger partial charge in [0.25, 0.3) is 0 Å². The predicted octanol–water partition coefficient (Wildman–Crippen LogP) is 1.55. The average molecular weight is 211 g/mol. The molecule has 1 N–H and O–H groups in total. The fourth-order valence-electron chi connectivity index (χ4n) is 3.09. The van der Waals surface area contributed by atoms with Crippen LogP contribution < -0.4 is 0 Å². The number of aliphatic hydroxyl groups is 1. The first-order valence-electron chi connectivity index (χ1n) is 6.23. The minimum atomic E-state index is 0.133. The van der Waals surface area contributed by atoms with Gasteiger partial charge in [0.05, 0.1) is 0 Å². The third-order valence-electron chi connectivity index (χ3n) is 3.88. The van der Waals surface area contributed by atoms with E-state index in [1.807, 2.05) is 0 Å². The third-order valence-corrected chi connectivity index (χ3v) is 3.88. The Balaban J connectivity index is 1.89. The fraction of sp³-hybridized carbons (Fsp3) is 0.917. The zero-order valence-corrected chi connectivity index (χ0v) is 9.32. The van der Waals surface area contributed by atoms with E-state index in [0.717, 1.165) is 12.5 Å². The maximum atomic E-state index is 11.9. The lowest BCUT2D eigenvalue weighted by Crippen LogP contribution is -2.39. The molecular weight excluding hydrogens is 190 g/mol. The molecule has 1 amide bonds. The molecule has 2 aliphatic rings. The summed E-state index contributed by atoms with van der Waals surface area (Å²) in [5.74, 6) is 1.04. The number of rotatable bonds is 3. The number of fused-ring (bicyclic) bond motifs is 1. The van der Waals surface area contributed by atoms with Crippen LogP contribution in [-0.2, 0) is 4.79 Å². The smallest absolute Gasteiger partial charge is 0.222 e. The maximum absolute atomic E-state index is 11.9. The molecule has 86 valence electrons. The van der Waals surface area contributed by atoms with Crippen LogP contribution in [0.2, 0.25) is 0 Å². The lowest BCUT2D eigenvalue weighted by atomic mass is 9.85. The molecule has 3 nitrogen and oxygen atoms in total. The molecule has 3 heteroatoms. The van der Waals surface area contributed by atoms with Crippen molar-refractivity contribution in [1.82, 2.24) is 4.90 Å². The number of aliphatic hydroxyl groups excluding tert-OH is 1. The zero-order chi connectivity index (χ0) is 10.7. The number of carbonyl (C=O) groups is 1. The molecule has 2 atom stereocenters. The highest BCUT2D eigenvalue weighted by atomic mass is 16.3. The van der Waals surface area contributed by atoms with Gasteiger partial charge in [-0.2, -0.15) is 0 Å². The minimum Gasteiger partial charge on any atom is -0.396 e. The molecule has 0 spiro atoms. The standard InChI is InChI=1S/C12H21NO2/c14-9-3-6-12(15)13-8-7-10-4-1-2-5-11(10)13/h10-11,14H,1-9H2. The first-order chi connectivity index (χ1) is 7.33. The number of hydrogen-bond acceptors (Lipinski definition) is 2. The lowest BCUT2D eigenvalue weighted by molar-refractivity contribution is -0.133. The molecule has 2 fully saturated rings. The molecule has 0 aromatic heterocycles. The molecule has 0 aromatic rings. The summed E-state index contributed by atoms with van der Waals surface area (Å²) >= 11 is 0. The average Bonchev–Trinajstić information content (AvgIpc) is 2.69. The van der Waals surface area contributed by atoms with Crippen LogP contribution in [-0.4, -0.2) is 35.1 Å². The van der Waals surface area contributed by atoms with Gasteiger partial charge < -0.3 is 10.0 Å². The summed E-state index contributed by atoms with van der Waals surface area (Å²) in [7, 11) is 0. The van der Waals surface area contributed by atoms with E-state index in [0.29, 0.717) is 18.9 Å². The number of amides is 1. The Labute approximate surface area is 91.5 Å². The van der Waals surface area contributed by atoms with Gasteiger partial charge in [0.15, 0.2) is 0 Å². The highest BCUT2D eigenvalue weighted by Gasteiger charge is 2.37. The summed E-state index contributed by atoms with van der Waals surface area (Å²) in [5, 5.41) is 8.72. The number of hydrogen-bond donors (Lipinski definition) is 1. The van der Waals surface area contributed by atoms with E-state index < -0.39 is 0 Å². The van der Waals surface area contributed by atoms with E-state index in [4.69, 9.17) is 5.11 Å². The summed E-state index contributed by atoms with van der Waals surface area (Å²) in [6, 6.07) is 0.532. The summed E-state index contributed by atoms with van der Waals surface area (Å²) in [4.78, 5) is 14.0. The summed E-state index contributed by atoms with van der Waals surface area (Å²) < 4.78 is 0. The maximum Gasteiger partial charge on any atom is 0.222 e. The van der Waals surface area contributed by atoms with Crippen LogP contribution in [0.1, 0.15) is 44.9 Å². The molecule has 1 saturated heterocycles. The van der Waals surface area contributed by atoms with Crippen molar-refractivity contribution >= 4 is 5.91 Å². The van der Waals surface area contributed by atoms with Gasteiger partial charge >= 0.3 is 0 Å². The number of carbonyl (C=O) groups excluding carboxylic acids is 1. The Kier molecular flexibility index (Phi) is 3.62. The Morgan fingerprint density at radius 2 is 2.07 bits per heavy atom. The normalized spacial score (nSPS) is 30.3. The molecule has 2 unspecified atom stereocenters. The number of likely N-dealkylation sites (tertiary alicyclic amines) is 1. The molecule has 0 aromatic carbocycles. The molecule has 1 saturated carbocycles. The van der Waals surface area contributed by atoms with Crippen molar-refractivity contribution in [3.63, 3.8) is 0 Å². The van der Waals surface area contributed by atoms with Crippen LogP contribution in [0.3, 0.4) is 0 Å². The van der Waals surface area contributed by atoms with Crippen molar-refractivity contribution in [1.29, 1.82) is 0 Å². The van der Waals surface area contributed by atoms with Crippen molar-refractivity contribution in [3.8, 4) is 0 Å². The third kappa shape index (κ3) is 2.33. The van der Waals surface area contributed by atoms with E-state index in [2.05, 4.69) is 4.90 Å². The topological polar surface area (TPSA) is 40.5 Å². The van der Waals surface area contributed by atoms with Crippen LogP contribution in [0, 0.1) is 5.92 Å². The van der Waals surface area contributed by atoms with E-state index >= 15 is 0 Å². The van der Waals surface area contributed by atoms with Gasteiger partial charge in [0, 0.05) is 25.6 Å². The zero-order valence-electron chi connectivity index (χ0n) is 9.32. The first kappa shape index (κ1) is 10.9. The fourth-order valence-corrected chi connectivity index (χ4v) is 3.09. The van der Waals surface area contributed by atoms with Gasteiger partial charge in [-0.05, 0) is 31.6 Å². The molecule has 1 aliphatic carbocycles. The van der Waals surface area contributed by atoms with E-state index in [-0.39, 0.29) is 12.5 Å². The van der Waals surface area contributed by atoms with E-state index in [1.54, 1.807) is 0 Å². The van der Waals surface area contributed by atoms with Crippen molar-refractivity contribution in [2.24, 2.45) is 5.92 Å². The predicted molar refractivity (Wildman–Crippen MR) is 58.4 cm³/mol. The number of nitrogens with zero attached hydrogens (tertiary/aromatic N) is 1. The van der Waals surface area contributed by atoms with Gasteiger partial charge in [0.1, 0.15) is 0 Å². The van der Waals surface area contributed by atoms with Gasteiger partial charge in [-0.25, -0.2) is 0 Å². The summed E-state index contributed by atoms with van der Waals surface area (Å²) in [6.07, 6.45) is 7.50. The molecule has 15 heavy (non-hydrogen) atoms. The van der Waals surface area contributed by atoms with Crippen LogP contribution in [0.25, 0.3) is 0 Å². The Bertz CT molecular complexity index is 230. The van der Waals surface area contributed by atoms with Crippen molar-refractivity contribution < 1.29 is 9.90 Å². The van der Waals surface area contributed by atoms with Crippen molar-refractivity contribution in [2.45, 2.75) is 51.0 Å². The van der Waals surface area contributed by atoms with E-state index in [1.165, 1.54) is 32.1 Å². The second kappa shape index (κ2) is 4.97. The lowest BCUT2D eigenvalue weighted by Gasteiger charge is -2.31. The molecular formula is C12H21NO2. The molecule has 0 radical (unpaired) electrons. The molecule has 1 heterocycles. The van der Waals surface area contributed by atoms with Gasteiger partial charge in [-0.15, -0.1) is 0 Å². The Morgan fingerprint density at radius 1 is 1.27 bits per heavy atom. The molecule has 1 aliphatic heterocycles. The second-order valence-corrected chi connectivity index (χ2v) is 4.81. The van der Waals surface area contributed by atoms with Crippen LogP contribution in [0.15, 0.2) is 0 Å². The largest absolute Gasteiger partial charge is 0.396 e. The van der Waals surface area contributed by atoms with Crippen molar-refractivity contribution in [3.05, 3.63) is 0 Å². The first-order valence-corrected chi connectivity index (χ1v) is 6.23. The Hall–Kier alpha value is -0.570. The monoisotopic (exact) mass is 211 g/mol. The SMILES string of the molecule is O=C(CCCO)N1CCC2CCCCC21. The van der Waals surface area contributed by atoms with Crippen molar-refractivity contribution in [2.75, 3.05) is 13.2 Å². The Morgan fingerprint density at radius 3 is 2.87 bits per heavy atom. The van der Waals surface area contributed by atoms with Gasteiger partial charge in [-0.3, -0.25) is 4.79 Å². The van der Waals surface area contributed by atoms with Crippen LogP contribution in [0.5, 0.6) is 0 Å². The summed E-state index contributed by atoms with van der Waals surface area (Å²) in [6.45, 7) is 1.09. The minimum absolute atomic E-state index is 0.133. The highest BCUT2D eigenvalue weighted by Crippen LogP contribution is 2.36. The quantitative estimate of drug-likeness (QED) is 0.769. The van der Waals surface area contributed by atoms with Gasteiger partial charge in [0.2, 0.25) is 5.91 Å². The van der Waals surface area contributed by atoms with Crippen LogP contribution in [0.4, 0.5) is 0 Å². The second-order valence-electron chi connectivity index (χ2n) is 4.81. The van der Waals surface area contributed by atoms with E-state index in [9.17, 15) is 4.79 Å². The summed E-state index contributed by atoms with van der Waals surface area (Å²) in [5.41, 5.74) is 0. The van der Waals surface area contributed by atoms with Crippen LogP contribution >= 0.6 is 0 Å². The highest BCUT2D eigenvalue weighted by molar-refractivity contribution is 5.76. The molecule has 2 rings (SSSR count). The molecule has 0 bridgehead atoms.